The van der Waals surface area contributed by atoms with Crippen molar-refractivity contribution in [3.8, 4) is 5.75 Å². The minimum Gasteiger partial charge on any atom is -0.487 e. The summed E-state index contributed by atoms with van der Waals surface area (Å²) in [5.74, 6) is 2.89. The minimum atomic E-state index is -0.0151. The van der Waals surface area contributed by atoms with Gasteiger partial charge in [-0.15, -0.1) is 24.0 Å². The van der Waals surface area contributed by atoms with E-state index < -0.39 is 0 Å². The third-order valence-corrected chi connectivity index (χ3v) is 5.82. The lowest BCUT2D eigenvalue weighted by Gasteiger charge is -2.40. The highest BCUT2D eigenvalue weighted by Crippen LogP contribution is 2.46. The molecule has 1 aromatic heterocycles. The summed E-state index contributed by atoms with van der Waals surface area (Å²) in [5, 5.41) is 7.08. The first-order valence-corrected chi connectivity index (χ1v) is 9.92. The van der Waals surface area contributed by atoms with E-state index in [9.17, 15) is 0 Å². The van der Waals surface area contributed by atoms with Crippen molar-refractivity contribution in [3.05, 3.63) is 48.0 Å². The largest absolute Gasteiger partial charge is 0.487 e. The first-order valence-electron chi connectivity index (χ1n) is 9.92. The Morgan fingerprint density at radius 2 is 2.11 bits per heavy atom. The van der Waals surface area contributed by atoms with Crippen molar-refractivity contribution in [1.82, 2.24) is 20.2 Å². The highest BCUT2D eigenvalue weighted by Gasteiger charge is 2.43. The standard InChI is InChI=1S/C21H29N5O.HI/c1-16-23-11-13-26(16)14-12-24-20(22-2)25-18-15-21(9-5-6-10-21)27-19-8-4-3-7-17(18)19;/h3-4,7-8,11,13,18H,5-6,9-10,12,14-15H2,1-2H3,(H2,22,24,25);1H. The van der Waals surface area contributed by atoms with Gasteiger partial charge in [0.15, 0.2) is 5.96 Å². The number of nitrogens with one attached hydrogen (secondary N) is 2. The molecule has 28 heavy (non-hydrogen) atoms. The second-order valence-corrected chi connectivity index (χ2v) is 7.60. The van der Waals surface area contributed by atoms with Crippen molar-refractivity contribution in [2.24, 2.45) is 4.99 Å². The van der Waals surface area contributed by atoms with Crippen LogP contribution < -0.4 is 15.4 Å². The van der Waals surface area contributed by atoms with Gasteiger partial charge < -0.3 is 19.9 Å². The van der Waals surface area contributed by atoms with Crippen LogP contribution in [0.1, 0.15) is 49.5 Å². The van der Waals surface area contributed by atoms with E-state index >= 15 is 0 Å². The predicted octanol–water partition coefficient (Wildman–Crippen LogP) is 3.81. The Balaban J connectivity index is 0.00000225. The Morgan fingerprint density at radius 1 is 1.32 bits per heavy atom. The van der Waals surface area contributed by atoms with Crippen molar-refractivity contribution in [2.75, 3.05) is 13.6 Å². The fourth-order valence-corrected chi connectivity index (χ4v) is 4.37. The lowest BCUT2D eigenvalue weighted by atomic mass is 9.86. The third-order valence-electron chi connectivity index (χ3n) is 5.82. The Hall–Kier alpha value is -1.77. The molecular weight excluding hydrogens is 465 g/mol. The van der Waals surface area contributed by atoms with Crippen LogP contribution >= 0.6 is 24.0 Å². The Kier molecular flexibility index (Phi) is 6.85. The molecule has 7 heteroatoms. The number of aliphatic imine (C=N–C) groups is 1. The number of halogens is 1. The zero-order valence-electron chi connectivity index (χ0n) is 16.6. The lowest BCUT2D eigenvalue weighted by molar-refractivity contribution is 0.0396. The van der Waals surface area contributed by atoms with Crippen molar-refractivity contribution in [2.45, 2.75) is 57.2 Å². The molecule has 4 rings (SSSR count). The van der Waals surface area contributed by atoms with Crippen LogP contribution in [0.2, 0.25) is 0 Å². The van der Waals surface area contributed by atoms with Crippen LogP contribution in [0.25, 0.3) is 0 Å². The van der Waals surface area contributed by atoms with Crippen LogP contribution in [0.4, 0.5) is 0 Å². The van der Waals surface area contributed by atoms with Crippen LogP contribution in [0.3, 0.4) is 0 Å². The number of para-hydroxylation sites is 1. The van der Waals surface area contributed by atoms with E-state index in [1.807, 2.05) is 26.4 Å². The summed E-state index contributed by atoms with van der Waals surface area (Å²) in [6.07, 6.45) is 9.63. The molecule has 1 aliphatic carbocycles. The van der Waals surface area contributed by atoms with E-state index in [1.54, 1.807) is 0 Å². The van der Waals surface area contributed by atoms with Crippen LogP contribution in [0.5, 0.6) is 5.75 Å². The second-order valence-electron chi connectivity index (χ2n) is 7.60. The van der Waals surface area contributed by atoms with Crippen LogP contribution in [0.15, 0.2) is 41.7 Å². The Bertz CT molecular complexity index is 813. The number of fused-ring (bicyclic) bond motifs is 1. The number of imidazole rings is 1. The van der Waals surface area contributed by atoms with Gasteiger partial charge in [0.25, 0.3) is 0 Å². The summed E-state index contributed by atoms with van der Waals surface area (Å²) in [6, 6.07) is 8.62. The molecule has 2 aliphatic rings. The number of benzene rings is 1. The molecule has 2 heterocycles. The molecule has 2 N–H and O–H groups in total. The molecule has 2 aromatic rings. The molecule has 1 aliphatic heterocycles. The van der Waals surface area contributed by atoms with Gasteiger partial charge in [-0.2, -0.15) is 0 Å². The lowest BCUT2D eigenvalue weighted by Crippen LogP contribution is -2.47. The number of aryl methyl sites for hydroxylation is 1. The molecular formula is C21H30IN5O. The van der Waals surface area contributed by atoms with Crippen LogP contribution in [0, 0.1) is 6.92 Å². The third kappa shape index (κ3) is 4.45. The Morgan fingerprint density at radius 3 is 2.82 bits per heavy atom. The summed E-state index contributed by atoms with van der Waals surface area (Å²) < 4.78 is 8.60. The topological polar surface area (TPSA) is 63.5 Å². The maximum Gasteiger partial charge on any atom is 0.191 e. The van der Waals surface area contributed by atoms with Gasteiger partial charge in [0.05, 0.1) is 6.04 Å². The van der Waals surface area contributed by atoms with Crippen LogP contribution in [-0.2, 0) is 6.54 Å². The predicted molar refractivity (Wildman–Crippen MR) is 123 cm³/mol. The average molecular weight is 495 g/mol. The molecule has 1 atom stereocenters. The first-order chi connectivity index (χ1) is 13.2. The molecule has 0 radical (unpaired) electrons. The minimum absolute atomic E-state index is 0. The van der Waals surface area contributed by atoms with Crippen molar-refractivity contribution in [3.63, 3.8) is 0 Å². The van der Waals surface area contributed by atoms with Gasteiger partial charge in [-0.05, 0) is 38.7 Å². The van der Waals surface area contributed by atoms with Crippen LogP contribution in [-0.4, -0.2) is 34.7 Å². The number of aromatic nitrogens is 2. The highest BCUT2D eigenvalue weighted by atomic mass is 127. The van der Waals surface area contributed by atoms with Gasteiger partial charge in [-0.1, -0.05) is 18.2 Å². The average Bonchev–Trinajstić information content (AvgIpc) is 3.30. The summed E-state index contributed by atoms with van der Waals surface area (Å²) in [7, 11) is 1.83. The van der Waals surface area contributed by atoms with E-state index in [0.717, 1.165) is 49.9 Å². The van der Waals surface area contributed by atoms with Gasteiger partial charge >= 0.3 is 0 Å². The number of nitrogens with zero attached hydrogens (tertiary/aromatic N) is 3. The smallest absolute Gasteiger partial charge is 0.191 e. The van der Waals surface area contributed by atoms with E-state index in [-0.39, 0.29) is 35.6 Å². The van der Waals surface area contributed by atoms with E-state index in [1.165, 1.54) is 18.4 Å². The molecule has 1 unspecified atom stereocenters. The summed E-state index contributed by atoms with van der Waals surface area (Å²) in [6.45, 7) is 3.68. The van der Waals surface area contributed by atoms with E-state index in [2.05, 4.69) is 49.4 Å². The molecule has 1 aromatic carbocycles. The SMILES string of the molecule is CN=C(NCCn1ccnc1C)NC1CC2(CCCC2)Oc2ccccc21.I. The molecule has 1 spiro atoms. The summed E-state index contributed by atoms with van der Waals surface area (Å²) in [5.41, 5.74) is 1.21. The number of hydrogen-bond acceptors (Lipinski definition) is 3. The first kappa shape index (κ1) is 21.0. The van der Waals surface area contributed by atoms with Gasteiger partial charge in [-0.3, -0.25) is 4.99 Å². The summed E-state index contributed by atoms with van der Waals surface area (Å²) >= 11 is 0. The number of ether oxygens (including phenoxy) is 1. The van der Waals surface area contributed by atoms with Gasteiger partial charge in [-0.25, -0.2) is 4.98 Å². The molecule has 0 bridgehead atoms. The fourth-order valence-electron chi connectivity index (χ4n) is 4.37. The quantitative estimate of drug-likeness (QED) is 0.385. The zero-order valence-corrected chi connectivity index (χ0v) is 19.0. The van der Waals surface area contributed by atoms with Gasteiger partial charge in [0.1, 0.15) is 17.2 Å². The van der Waals surface area contributed by atoms with Gasteiger partial charge in [0.2, 0.25) is 0 Å². The molecule has 1 fully saturated rings. The maximum atomic E-state index is 6.46. The van der Waals surface area contributed by atoms with Crippen molar-refractivity contribution in [1.29, 1.82) is 0 Å². The number of hydrogen-bond donors (Lipinski definition) is 2. The fraction of sp³-hybridized carbons (Fsp3) is 0.524. The molecule has 152 valence electrons. The van der Waals surface area contributed by atoms with E-state index in [0.29, 0.717) is 0 Å². The number of rotatable bonds is 4. The van der Waals surface area contributed by atoms with Gasteiger partial charge in [0, 0.05) is 44.5 Å². The normalized spacial score (nSPS) is 20.2. The second kappa shape index (κ2) is 9.15. The Labute approximate surface area is 184 Å². The molecule has 6 nitrogen and oxygen atoms in total. The van der Waals surface area contributed by atoms with E-state index in [4.69, 9.17) is 4.74 Å². The molecule has 1 saturated carbocycles. The van der Waals surface area contributed by atoms with Crippen molar-refractivity contribution < 1.29 is 4.74 Å². The molecule has 0 saturated heterocycles. The molecule has 0 amide bonds. The van der Waals surface area contributed by atoms with Crippen molar-refractivity contribution >= 4 is 29.9 Å². The monoisotopic (exact) mass is 495 g/mol. The zero-order chi connectivity index (χ0) is 18.7. The summed E-state index contributed by atoms with van der Waals surface area (Å²) in [4.78, 5) is 8.71. The highest BCUT2D eigenvalue weighted by molar-refractivity contribution is 14.0. The maximum absolute atomic E-state index is 6.46. The number of guanidine groups is 1.